The highest BCUT2D eigenvalue weighted by atomic mass is 16.7. The Morgan fingerprint density at radius 3 is 2.21 bits per heavy atom. The molecule has 52 heavy (non-hydrogen) atoms. The number of likely N-dealkylation sites (tertiary alicyclic amines) is 1. The van der Waals surface area contributed by atoms with E-state index in [4.69, 9.17) is 18.8 Å². The Morgan fingerprint density at radius 1 is 0.981 bits per heavy atom. The minimum absolute atomic E-state index is 0.000797. The molecule has 2 saturated heterocycles. The van der Waals surface area contributed by atoms with Gasteiger partial charge in [-0.1, -0.05) is 72.2 Å². The maximum atomic E-state index is 14.5. The molecule has 2 N–H and O–H groups in total. The van der Waals surface area contributed by atoms with E-state index in [-0.39, 0.29) is 30.4 Å². The Balaban J connectivity index is 1.21. The van der Waals surface area contributed by atoms with Crippen molar-refractivity contribution in [2.45, 2.75) is 156 Å². The Morgan fingerprint density at radius 2 is 1.63 bits per heavy atom. The molecule has 7 rings (SSSR count). The predicted octanol–water partition coefficient (Wildman–Crippen LogP) is 5.60. The minimum atomic E-state index is -1.02. The lowest BCUT2D eigenvalue weighted by Crippen LogP contribution is -2.65. The van der Waals surface area contributed by atoms with Gasteiger partial charge >= 0.3 is 19.3 Å². The Kier molecular flexibility index (Phi) is 10.2. The zero-order chi connectivity index (χ0) is 38.0. The molecule has 3 aliphatic carbocycles. The van der Waals surface area contributed by atoms with Gasteiger partial charge in [-0.15, -0.1) is 0 Å². The summed E-state index contributed by atoms with van der Waals surface area (Å²) in [5.74, 6) is -0.303. The van der Waals surface area contributed by atoms with Gasteiger partial charge in [-0.2, -0.15) is 0 Å². The topological polar surface area (TPSA) is 136 Å². The van der Waals surface area contributed by atoms with E-state index in [1.807, 2.05) is 45.0 Å². The van der Waals surface area contributed by atoms with Crippen LogP contribution >= 0.6 is 0 Å². The van der Waals surface area contributed by atoms with Gasteiger partial charge in [-0.3, -0.25) is 14.5 Å². The summed E-state index contributed by atoms with van der Waals surface area (Å²) >= 11 is 0. The summed E-state index contributed by atoms with van der Waals surface area (Å²) in [6.45, 7) is 20.5. The summed E-state index contributed by atoms with van der Waals surface area (Å²) in [5, 5.41) is 5.98. The molecule has 0 radical (unpaired) electrons. The van der Waals surface area contributed by atoms with Crippen molar-refractivity contribution in [3.63, 3.8) is 0 Å². The number of nitrogens with zero attached hydrogens (tertiary/aromatic N) is 2. The average molecular weight is 723 g/mol. The van der Waals surface area contributed by atoms with Gasteiger partial charge in [0.2, 0.25) is 11.8 Å². The summed E-state index contributed by atoms with van der Waals surface area (Å²) in [6.07, 6.45) is 1.56. The molecular weight excluding hydrogens is 663 g/mol. The van der Waals surface area contributed by atoms with Gasteiger partial charge < -0.3 is 34.3 Å². The highest BCUT2D eigenvalue weighted by Gasteiger charge is 2.68. The van der Waals surface area contributed by atoms with Crippen molar-refractivity contribution >= 4 is 31.1 Å². The molecule has 13 heteroatoms. The first kappa shape index (κ1) is 38.4. The monoisotopic (exact) mass is 722 g/mol. The highest BCUT2D eigenvalue weighted by Crippen LogP contribution is 2.65. The first-order chi connectivity index (χ1) is 24.2. The molecule has 3 heterocycles. The fraction of sp³-hybridized carbons (Fsp3) is 0.744. The molecule has 3 saturated carbocycles. The van der Waals surface area contributed by atoms with Gasteiger partial charge in [-0.25, -0.2) is 9.59 Å². The van der Waals surface area contributed by atoms with E-state index in [1.54, 1.807) is 25.7 Å². The van der Waals surface area contributed by atoms with Gasteiger partial charge in [0.25, 0.3) is 0 Å². The molecule has 0 unspecified atom stereocenters. The molecule has 12 nitrogen and oxygen atoms in total. The summed E-state index contributed by atoms with van der Waals surface area (Å²) in [4.78, 5) is 58.4. The highest BCUT2D eigenvalue weighted by molar-refractivity contribution is 6.48. The number of fused-ring (bicyclic) bond motifs is 1. The zero-order valence-corrected chi connectivity index (χ0v) is 32.7. The van der Waals surface area contributed by atoms with Crippen LogP contribution in [0.2, 0.25) is 0 Å². The third-order valence-corrected chi connectivity index (χ3v) is 12.2. The number of amides is 4. The lowest BCUT2D eigenvalue weighted by Gasteiger charge is -2.64. The first-order valence-corrected chi connectivity index (χ1v) is 19.2. The van der Waals surface area contributed by atoms with Crippen LogP contribution in [0.15, 0.2) is 24.3 Å². The van der Waals surface area contributed by atoms with Gasteiger partial charge in [0.1, 0.15) is 23.8 Å². The number of carbonyl (C=O) groups is 4. The lowest BCUT2D eigenvalue weighted by molar-refractivity contribution is -0.199. The van der Waals surface area contributed by atoms with Crippen LogP contribution in [0.3, 0.4) is 0 Å². The third kappa shape index (κ3) is 7.41. The molecule has 0 aromatic heterocycles. The number of carbonyl (C=O) groups excluding carboxylic acids is 4. The molecule has 6 aliphatic rings. The van der Waals surface area contributed by atoms with Crippen LogP contribution in [-0.4, -0.2) is 88.9 Å². The number of alkyl carbamates (subject to hydrolysis) is 1. The van der Waals surface area contributed by atoms with Crippen molar-refractivity contribution in [3.8, 4) is 0 Å². The van der Waals surface area contributed by atoms with Crippen LogP contribution in [-0.2, 0) is 41.5 Å². The third-order valence-electron chi connectivity index (χ3n) is 12.2. The fourth-order valence-corrected chi connectivity index (χ4v) is 9.23. The van der Waals surface area contributed by atoms with E-state index in [9.17, 15) is 19.2 Å². The second-order valence-electron chi connectivity index (χ2n) is 18.6. The van der Waals surface area contributed by atoms with Crippen LogP contribution in [0.4, 0.5) is 9.59 Å². The van der Waals surface area contributed by atoms with Crippen molar-refractivity contribution in [1.29, 1.82) is 0 Å². The molecule has 1 aromatic carbocycles. The largest absolute Gasteiger partial charge is 0.481 e. The van der Waals surface area contributed by atoms with Crippen molar-refractivity contribution in [3.05, 3.63) is 35.4 Å². The molecule has 0 spiro atoms. The predicted molar refractivity (Wildman–Crippen MR) is 196 cm³/mol. The van der Waals surface area contributed by atoms with Gasteiger partial charge in [0.05, 0.1) is 24.2 Å². The normalized spacial score (nSPS) is 30.1. The van der Waals surface area contributed by atoms with E-state index in [0.29, 0.717) is 31.3 Å². The van der Waals surface area contributed by atoms with Gasteiger partial charge in [0, 0.05) is 19.5 Å². The van der Waals surface area contributed by atoms with E-state index >= 15 is 0 Å². The zero-order valence-electron chi connectivity index (χ0n) is 32.7. The SMILES string of the molecule is CCC[C@H](NC(=O)[C@@H]1C[C@@H](OC(=O)N2Cc3ccccc3C2)CN1C(=O)[C@@H](NC(=O)OC(C)(C)C)C(C)(C)C)B1O[C@@H]2C[C@H]3C[C@H](C3(C)C)[C@]2(C)O1. The molecule has 1 aromatic rings. The Labute approximate surface area is 309 Å². The Hall–Kier alpha value is -3.32. The molecule has 3 aliphatic heterocycles. The molecule has 4 amide bonds. The van der Waals surface area contributed by atoms with Crippen LogP contribution in [0, 0.1) is 22.7 Å². The number of rotatable bonds is 8. The summed E-state index contributed by atoms with van der Waals surface area (Å²) in [6, 6.07) is 5.89. The molecular formula is C39H59BN4O8. The quantitative estimate of drug-likeness (QED) is 0.331. The number of ether oxygens (including phenoxy) is 2. The smallest absolute Gasteiger partial charge is 0.444 e. The lowest BCUT2D eigenvalue weighted by atomic mass is 9.43. The first-order valence-electron chi connectivity index (χ1n) is 19.2. The van der Waals surface area contributed by atoms with Crippen molar-refractivity contribution < 1.29 is 38.0 Å². The average Bonchev–Trinajstić information content (AvgIpc) is 3.76. The van der Waals surface area contributed by atoms with Crippen molar-refractivity contribution in [2.24, 2.45) is 22.7 Å². The standard InChI is InChI=1S/C39H59BN4O8/c1-11-14-30(40-51-29-18-25-17-28(38(25,8)9)39(29,10)52-40)41-32(45)27-19-26(49-35(48)43-20-23-15-12-13-16-24(23)21-43)22-44(27)33(46)31(36(2,3)4)42-34(47)50-37(5,6)7/h12-13,15-16,25-31H,11,14,17-22H2,1-10H3,(H,41,45)(H,42,47)/t25-,26-,27+,28-,29-,30+,31-,39+/m1/s1. The van der Waals surface area contributed by atoms with E-state index in [2.05, 4.69) is 38.3 Å². The van der Waals surface area contributed by atoms with Crippen LogP contribution in [0.5, 0.6) is 0 Å². The van der Waals surface area contributed by atoms with Gasteiger partial charge in [-0.05, 0) is 80.8 Å². The summed E-state index contributed by atoms with van der Waals surface area (Å²) < 4.78 is 24.9. The maximum absolute atomic E-state index is 14.5. The van der Waals surface area contributed by atoms with E-state index < -0.39 is 66.0 Å². The van der Waals surface area contributed by atoms with E-state index in [0.717, 1.165) is 30.4 Å². The number of hydrogen-bond donors (Lipinski definition) is 2. The maximum Gasteiger partial charge on any atom is 0.481 e. The molecule has 8 atom stereocenters. The second kappa shape index (κ2) is 13.8. The summed E-state index contributed by atoms with van der Waals surface area (Å²) in [5.41, 5.74) is 0.365. The minimum Gasteiger partial charge on any atom is -0.444 e. The van der Waals surface area contributed by atoms with Crippen LogP contribution in [0.1, 0.15) is 112 Å². The number of benzene rings is 1. The number of hydrogen-bond acceptors (Lipinski definition) is 8. The Bertz CT molecular complexity index is 1530. The van der Waals surface area contributed by atoms with Crippen LogP contribution in [0.25, 0.3) is 0 Å². The van der Waals surface area contributed by atoms with E-state index in [1.165, 1.54) is 4.90 Å². The molecule has 286 valence electrons. The summed E-state index contributed by atoms with van der Waals surface area (Å²) in [7, 11) is -0.624. The second-order valence-corrected chi connectivity index (χ2v) is 18.6. The van der Waals surface area contributed by atoms with Crippen LogP contribution < -0.4 is 10.6 Å². The van der Waals surface area contributed by atoms with Crippen molar-refractivity contribution in [2.75, 3.05) is 6.54 Å². The number of nitrogens with one attached hydrogen (secondary N) is 2. The van der Waals surface area contributed by atoms with Crippen molar-refractivity contribution in [1.82, 2.24) is 20.4 Å². The molecule has 2 bridgehead atoms. The fourth-order valence-electron chi connectivity index (χ4n) is 9.23. The van der Waals surface area contributed by atoms with Gasteiger partial charge in [0.15, 0.2) is 0 Å². The molecule has 5 fully saturated rings.